The summed E-state index contributed by atoms with van der Waals surface area (Å²) in [5.41, 5.74) is 3.87. The molecular weight excluding hydrogens is 462 g/mol. The predicted molar refractivity (Wildman–Crippen MR) is 147 cm³/mol. The van der Waals surface area contributed by atoms with Crippen molar-refractivity contribution in [1.82, 2.24) is 19.8 Å². The number of piperazine rings is 1. The molecule has 0 bridgehead atoms. The van der Waals surface area contributed by atoms with Crippen molar-refractivity contribution in [2.45, 2.75) is 13.0 Å². The Labute approximate surface area is 218 Å². The minimum Gasteiger partial charge on any atom is -0.383 e. The lowest BCUT2D eigenvalue weighted by molar-refractivity contribution is 0.0822. The Morgan fingerprint density at radius 2 is 1.81 bits per heavy atom. The van der Waals surface area contributed by atoms with Crippen LogP contribution in [0.15, 0.2) is 79.1 Å². The van der Waals surface area contributed by atoms with Crippen molar-refractivity contribution in [3.05, 3.63) is 102 Å². The maximum Gasteiger partial charge on any atom is 0.256 e. The molecule has 3 heterocycles. The third kappa shape index (κ3) is 5.85. The van der Waals surface area contributed by atoms with Crippen molar-refractivity contribution in [3.63, 3.8) is 0 Å². The normalized spacial score (nSPS) is 15.5. The summed E-state index contributed by atoms with van der Waals surface area (Å²) in [7, 11) is 1.75. The van der Waals surface area contributed by atoms with E-state index in [1.165, 1.54) is 5.56 Å². The van der Waals surface area contributed by atoms with E-state index in [-0.39, 0.29) is 11.9 Å². The number of aromatic nitrogens is 2. The molecule has 0 radical (unpaired) electrons. The molecule has 1 N–H and O–H groups in total. The molecular formula is C30H33N5O2. The van der Waals surface area contributed by atoms with Gasteiger partial charge in [-0.2, -0.15) is 0 Å². The number of carbonyl (C=O) groups excluding carboxylic acids is 1. The number of fused-ring (bicyclic) bond motifs is 1. The van der Waals surface area contributed by atoms with Gasteiger partial charge in [0.25, 0.3) is 5.91 Å². The van der Waals surface area contributed by atoms with Gasteiger partial charge in [0.15, 0.2) is 0 Å². The second kappa shape index (κ2) is 11.6. The number of hydrogen-bond acceptors (Lipinski definition) is 6. The van der Waals surface area contributed by atoms with E-state index in [2.05, 4.69) is 57.4 Å². The molecule has 0 spiro atoms. The fourth-order valence-corrected chi connectivity index (χ4v) is 4.95. The first kappa shape index (κ1) is 25.0. The molecule has 7 nitrogen and oxygen atoms in total. The van der Waals surface area contributed by atoms with Crippen molar-refractivity contribution in [3.8, 4) is 0 Å². The molecule has 37 heavy (non-hydrogen) atoms. The van der Waals surface area contributed by atoms with Crippen molar-refractivity contribution >= 4 is 22.5 Å². The highest BCUT2D eigenvalue weighted by atomic mass is 16.5. The molecule has 1 unspecified atom stereocenters. The number of carbonyl (C=O) groups is 1. The van der Waals surface area contributed by atoms with Crippen LogP contribution >= 0.6 is 0 Å². The van der Waals surface area contributed by atoms with E-state index in [9.17, 15) is 4.79 Å². The van der Waals surface area contributed by atoms with Gasteiger partial charge < -0.3 is 10.1 Å². The standard InChI is InChI=1S/C30H33N5O2/c1-22-8-11-27(33-30(36)25-9-10-26-21-31-13-12-24(26)20-25)32-28(22)29(23-6-4-3-5-7-23)35-16-14-34(15-17-35)18-19-37-2/h3-13,20-21,29H,14-19H2,1-2H3,(H,32,33,36). The Bertz CT molecular complexity index is 1350. The summed E-state index contributed by atoms with van der Waals surface area (Å²) >= 11 is 0. The van der Waals surface area contributed by atoms with Gasteiger partial charge in [0.05, 0.1) is 18.3 Å². The number of methoxy groups -OCH3 is 1. The van der Waals surface area contributed by atoms with Gasteiger partial charge in [0.2, 0.25) is 0 Å². The maximum atomic E-state index is 13.1. The van der Waals surface area contributed by atoms with Gasteiger partial charge in [0.1, 0.15) is 5.82 Å². The highest BCUT2D eigenvalue weighted by Crippen LogP contribution is 2.31. The van der Waals surface area contributed by atoms with Gasteiger partial charge in [-0.05, 0) is 47.7 Å². The molecule has 190 valence electrons. The molecule has 1 fully saturated rings. The molecule has 1 saturated heterocycles. The minimum atomic E-state index is -0.177. The molecule has 1 aliphatic heterocycles. The summed E-state index contributed by atoms with van der Waals surface area (Å²) in [6.45, 7) is 7.64. The fourth-order valence-electron chi connectivity index (χ4n) is 4.95. The van der Waals surface area contributed by atoms with Gasteiger partial charge >= 0.3 is 0 Å². The van der Waals surface area contributed by atoms with Crippen LogP contribution in [0.3, 0.4) is 0 Å². The van der Waals surface area contributed by atoms with Gasteiger partial charge in [-0.25, -0.2) is 4.98 Å². The van der Waals surface area contributed by atoms with Crippen LogP contribution in [0.5, 0.6) is 0 Å². The Hall–Kier alpha value is -3.65. The average molecular weight is 496 g/mol. The van der Waals surface area contributed by atoms with Gasteiger partial charge in [-0.3, -0.25) is 19.6 Å². The molecule has 2 aromatic heterocycles. The largest absolute Gasteiger partial charge is 0.383 e. The number of amides is 1. The van der Waals surface area contributed by atoms with Crippen LogP contribution in [0.25, 0.3) is 10.8 Å². The van der Waals surface area contributed by atoms with Crippen molar-refractivity contribution in [1.29, 1.82) is 0 Å². The monoisotopic (exact) mass is 495 g/mol. The lowest BCUT2D eigenvalue weighted by Crippen LogP contribution is -2.48. The molecule has 1 amide bonds. The number of aryl methyl sites for hydroxylation is 1. The lowest BCUT2D eigenvalue weighted by atomic mass is 9.97. The quantitative estimate of drug-likeness (QED) is 0.387. The molecule has 1 atom stereocenters. The second-order valence-corrected chi connectivity index (χ2v) is 9.47. The van der Waals surface area contributed by atoms with Gasteiger partial charge in [-0.1, -0.05) is 42.5 Å². The third-order valence-electron chi connectivity index (χ3n) is 7.04. The van der Waals surface area contributed by atoms with Crippen LogP contribution in [0, 0.1) is 6.92 Å². The number of nitrogens with zero attached hydrogens (tertiary/aromatic N) is 4. The minimum absolute atomic E-state index is 0.01000. The summed E-state index contributed by atoms with van der Waals surface area (Å²) < 4.78 is 5.27. The third-order valence-corrected chi connectivity index (χ3v) is 7.04. The summed E-state index contributed by atoms with van der Waals surface area (Å²) in [6.07, 6.45) is 3.53. The first-order valence-corrected chi connectivity index (χ1v) is 12.8. The number of anilines is 1. The Morgan fingerprint density at radius 3 is 2.59 bits per heavy atom. The molecule has 0 saturated carbocycles. The molecule has 7 heteroatoms. The van der Waals surface area contributed by atoms with Crippen molar-refractivity contribution < 1.29 is 9.53 Å². The van der Waals surface area contributed by atoms with E-state index in [0.29, 0.717) is 11.4 Å². The van der Waals surface area contributed by atoms with E-state index in [1.807, 2.05) is 36.4 Å². The first-order chi connectivity index (χ1) is 18.1. The summed E-state index contributed by atoms with van der Waals surface area (Å²) in [4.78, 5) is 27.2. The van der Waals surface area contributed by atoms with E-state index in [4.69, 9.17) is 9.72 Å². The number of rotatable bonds is 8. The van der Waals surface area contributed by atoms with Crippen LogP contribution in [-0.2, 0) is 4.74 Å². The zero-order valence-electron chi connectivity index (χ0n) is 21.4. The zero-order chi connectivity index (χ0) is 25.6. The topological polar surface area (TPSA) is 70.6 Å². The molecule has 0 aliphatic carbocycles. The molecule has 4 aromatic rings. The highest BCUT2D eigenvalue weighted by molar-refractivity contribution is 6.06. The molecule has 1 aliphatic rings. The van der Waals surface area contributed by atoms with Crippen LogP contribution in [0.2, 0.25) is 0 Å². The number of ether oxygens (including phenoxy) is 1. The zero-order valence-corrected chi connectivity index (χ0v) is 21.4. The van der Waals surface area contributed by atoms with E-state index >= 15 is 0 Å². The van der Waals surface area contributed by atoms with Gasteiger partial charge in [0, 0.05) is 63.2 Å². The molecule has 5 rings (SSSR count). The van der Waals surface area contributed by atoms with Crippen LogP contribution < -0.4 is 5.32 Å². The van der Waals surface area contributed by atoms with E-state index < -0.39 is 0 Å². The van der Waals surface area contributed by atoms with Crippen LogP contribution in [0.1, 0.15) is 33.2 Å². The fraction of sp³-hybridized carbons (Fsp3) is 0.300. The van der Waals surface area contributed by atoms with Crippen molar-refractivity contribution in [2.24, 2.45) is 0 Å². The number of nitrogens with one attached hydrogen (secondary N) is 1. The number of benzene rings is 2. The van der Waals surface area contributed by atoms with E-state index in [1.54, 1.807) is 19.5 Å². The Morgan fingerprint density at radius 1 is 1.00 bits per heavy atom. The van der Waals surface area contributed by atoms with Crippen LogP contribution in [0.4, 0.5) is 5.82 Å². The van der Waals surface area contributed by atoms with Crippen LogP contribution in [-0.4, -0.2) is 72.1 Å². The maximum absolute atomic E-state index is 13.1. The summed E-state index contributed by atoms with van der Waals surface area (Å²) in [5.74, 6) is 0.379. The highest BCUT2D eigenvalue weighted by Gasteiger charge is 2.28. The lowest BCUT2D eigenvalue weighted by Gasteiger charge is -2.39. The van der Waals surface area contributed by atoms with Gasteiger partial charge in [-0.15, -0.1) is 0 Å². The molecule has 2 aromatic carbocycles. The smallest absolute Gasteiger partial charge is 0.256 e. The average Bonchev–Trinajstić information content (AvgIpc) is 2.94. The predicted octanol–water partition coefficient (Wildman–Crippen LogP) is 4.54. The Balaban J connectivity index is 1.40. The van der Waals surface area contributed by atoms with E-state index in [0.717, 1.165) is 61.4 Å². The number of pyridine rings is 2. The SMILES string of the molecule is COCCN1CCN(C(c2ccccc2)c2nc(NC(=O)c3ccc4cnccc4c3)ccc2C)CC1. The summed E-state index contributed by atoms with van der Waals surface area (Å²) in [6, 6.07) is 22.0. The summed E-state index contributed by atoms with van der Waals surface area (Å²) in [5, 5.41) is 5.01. The second-order valence-electron chi connectivity index (χ2n) is 9.47. The Kier molecular flexibility index (Phi) is 7.84. The van der Waals surface area contributed by atoms with Crippen molar-refractivity contribution in [2.75, 3.05) is 51.8 Å². The first-order valence-electron chi connectivity index (χ1n) is 12.8. The number of hydrogen-bond donors (Lipinski definition) is 1.